The molecule has 0 aliphatic carbocycles. The van der Waals surface area contributed by atoms with Gasteiger partial charge in [0.05, 0.1) is 28.5 Å². The summed E-state index contributed by atoms with van der Waals surface area (Å²) in [6.45, 7) is 0. The van der Waals surface area contributed by atoms with Crippen LogP contribution < -0.4 is 0 Å². The number of nitrogens with zero attached hydrogens (tertiary/aromatic N) is 3. The average Bonchev–Trinajstić information content (AvgIpc) is 2.59. The van der Waals surface area contributed by atoms with E-state index in [9.17, 15) is 0 Å². The molecule has 0 spiro atoms. The standard InChI is InChI=1S/C11H8ClN3/c1-15-11(10(12)7-14-15)9-4-2-8(6-13)3-5-9/h2-5,7H,1H3. The monoisotopic (exact) mass is 217 g/mol. The molecule has 0 N–H and O–H groups in total. The average molecular weight is 218 g/mol. The molecule has 0 fully saturated rings. The Morgan fingerprint density at radius 3 is 2.47 bits per heavy atom. The molecular weight excluding hydrogens is 210 g/mol. The molecule has 1 aromatic carbocycles. The van der Waals surface area contributed by atoms with Crippen molar-refractivity contribution < 1.29 is 0 Å². The van der Waals surface area contributed by atoms with Crippen molar-refractivity contribution in [1.82, 2.24) is 9.78 Å². The lowest BCUT2D eigenvalue weighted by Gasteiger charge is -2.02. The van der Waals surface area contributed by atoms with Gasteiger partial charge in [0.25, 0.3) is 0 Å². The van der Waals surface area contributed by atoms with Gasteiger partial charge in [0, 0.05) is 12.6 Å². The van der Waals surface area contributed by atoms with Crippen LogP contribution in [0.4, 0.5) is 0 Å². The lowest BCUT2D eigenvalue weighted by atomic mass is 10.1. The first-order valence-corrected chi connectivity index (χ1v) is 4.78. The van der Waals surface area contributed by atoms with Crippen LogP contribution in [0.15, 0.2) is 30.5 Å². The molecule has 0 unspecified atom stereocenters. The van der Waals surface area contributed by atoms with Gasteiger partial charge in [-0.15, -0.1) is 0 Å². The number of nitriles is 1. The topological polar surface area (TPSA) is 41.6 Å². The highest BCUT2D eigenvalue weighted by atomic mass is 35.5. The van der Waals surface area contributed by atoms with Gasteiger partial charge in [-0.25, -0.2) is 0 Å². The summed E-state index contributed by atoms with van der Waals surface area (Å²) in [5.74, 6) is 0. The van der Waals surface area contributed by atoms with Crippen LogP contribution in [0.3, 0.4) is 0 Å². The van der Waals surface area contributed by atoms with Crippen molar-refractivity contribution in [3.8, 4) is 17.3 Å². The van der Waals surface area contributed by atoms with Crippen LogP contribution in [-0.4, -0.2) is 9.78 Å². The van der Waals surface area contributed by atoms with E-state index in [0.717, 1.165) is 11.3 Å². The van der Waals surface area contributed by atoms with Crippen molar-refractivity contribution in [2.24, 2.45) is 7.05 Å². The number of halogens is 1. The number of hydrogen-bond donors (Lipinski definition) is 0. The second-order valence-electron chi connectivity index (χ2n) is 3.15. The van der Waals surface area contributed by atoms with E-state index in [1.54, 1.807) is 23.0 Å². The minimum Gasteiger partial charge on any atom is -0.266 e. The third kappa shape index (κ3) is 1.72. The van der Waals surface area contributed by atoms with Gasteiger partial charge in [-0.1, -0.05) is 23.7 Å². The van der Waals surface area contributed by atoms with Crippen molar-refractivity contribution in [1.29, 1.82) is 5.26 Å². The zero-order valence-corrected chi connectivity index (χ0v) is 8.86. The van der Waals surface area contributed by atoms with Crippen molar-refractivity contribution in [3.63, 3.8) is 0 Å². The molecule has 2 rings (SSSR count). The predicted octanol–water partition coefficient (Wildman–Crippen LogP) is 2.61. The van der Waals surface area contributed by atoms with Gasteiger partial charge < -0.3 is 0 Å². The molecule has 2 aromatic rings. The lowest BCUT2D eigenvalue weighted by molar-refractivity contribution is 0.776. The summed E-state index contributed by atoms with van der Waals surface area (Å²) < 4.78 is 1.71. The smallest absolute Gasteiger partial charge is 0.0991 e. The minimum absolute atomic E-state index is 0.613. The van der Waals surface area contributed by atoms with Crippen LogP contribution in [-0.2, 0) is 7.05 Å². The molecule has 0 amide bonds. The number of rotatable bonds is 1. The van der Waals surface area contributed by atoms with Crippen molar-refractivity contribution in [2.45, 2.75) is 0 Å². The predicted molar refractivity (Wildman–Crippen MR) is 58.4 cm³/mol. The zero-order chi connectivity index (χ0) is 10.8. The summed E-state index contributed by atoms with van der Waals surface area (Å²) in [6.07, 6.45) is 1.61. The maximum absolute atomic E-state index is 8.67. The summed E-state index contributed by atoms with van der Waals surface area (Å²) >= 11 is 6.00. The number of aromatic nitrogens is 2. The molecule has 15 heavy (non-hydrogen) atoms. The SMILES string of the molecule is Cn1ncc(Cl)c1-c1ccc(C#N)cc1. The molecule has 0 saturated carbocycles. The van der Waals surface area contributed by atoms with Crippen LogP contribution in [0, 0.1) is 11.3 Å². The van der Waals surface area contributed by atoms with Crippen LogP contribution in [0.5, 0.6) is 0 Å². The highest BCUT2D eigenvalue weighted by Crippen LogP contribution is 2.26. The summed E-state index contributed by atoms with van der Waals surface area (Å²) in [6, 6.07) is 9.32. The Morgan fingerprint density at radius 1 is 1.33 bits per heavy atom. The molecule has 0 radical (unpaired) electrons. The first-order valence-electron chi connectivity index (χ1n) is 4.40. The molecule has 0 atom stereocenters. The van der Waals surface area contributed by atoms with Crippen LogP contribution in [0.25, 0.3) is 11.3 Å². The first kappa shape index (κ1) is 9.75. The second kappa shape index (κ2) is 3.76. The van der Waals surface area contributed by atoms with Crippen molar-refractivity contribution in [2.75, 3.05) is 0 Å². The zero-order valence-electron chi connectivity index (χ0n) is 8.11. The molecule has 1 heterocycles. The van der Waals surface area contributed by atoms with Crippen LogP contribution in [0.1, 0.15) is 5.56 Å². The van der Waals surface area contributed by atoms with Gasteiger partial charge >= 0.3 is 0 Å². The Labute approximate surface area is 92.5 Å². The van der Waals surface area contributed by atoms with E-state index in [2.05, 4.69) is 11.2 Å². The fraction of sp³-hybridized carbons (Fsp3) is 0.0909. The molecule has 74 valence electrons. The van der Waals surface area contributed by atoms with Gasteiger partial charge in [0.2, 0.25) is 0 Å². The minimum atomic E-state index is 0.613. The van der Waals surface area contributed by atoms with E-state index in [4.69, 9.17) is 16.9 Å². The summed E-state index contributed by atoms with van der Waals surface area (Å²) in [5.41, 5.74) is 2.46. The summed E-state index contributed by atoms with van der Waals surface area (Å²) in [4.78, 5) is 0. The van der Waals surface area contributed by atoms with Gasteiger partial charge in [0.15, 0.2) is 0 Å². The van der Waals surface area contributed by atoms with Crippen molar-refractivity contribution >= 4 is 11.6 Å². The van der Waals surface area contributed by atoms with E-state index >= 15 is 0 Å². The maximum Gasteiger partial charge on any atom is 0.0991 e. The molecular formula is C11H8ClN3. The van der Waals surface area contributed by atoms with Crippen LogP contribution in [0.2, 0.25) is 5.02 Å². The molecule has 4 heteroatoms. The van der Waals surface area contributed by atoms with Gasteiger partial charge in [0.1, 0.15) is 0 Å². The largest absolute Gasteiger partial charge is 0.266 e. The number of hydrogen-bond acceptors (Lipinski definition) is 2. The fourth-order valence-corrected chi connectivity index (χ4v) is 1.71. The van der Waals surface area contributed by atoms with Crippen LogP contribution >= 0.6 is 11.6 Å². The molecule has 3 nitrogen and oxygen atoms in total. The lowest BCUT2D eigenvalue weighted by Crippen LogP contribution is -1.93. The quantitative estimate of drug-likeness (QED) is 0.737. The molecule has 0 aliphatic heterocycles. The van der Waals surface area contributed by atoms with E-state index in [1.807, 2.05) is 19.2 Å². The van der Waals surface area contributed by atoms with Crippen molar-refractivity contribution in [3.05, 3.63) is 41.0 Å². The Morgan fingerprint density at radius 2 is 2.00 bits per heavy atom. The maximum atomic E-state index is 8.67. The van der Waals surface area contributed by atoms with Gasteiger partial charge in [-0.05, 0) is 12.1 Å². The number of benzene rings is 1. The third-order valence-electron chi connectivity index (χ3n) is 2.18. The third-order valence-corrected chi connectivity index (χ3v) is 2.46. The fourth-order valence-electron chi connectivity index (χ4n) is 1.44. The van der Waals surface area contributed by atoms with E-state index < -0.39 is 0 Å². The summed E-state index contributed by atoms with van der Waals surface area (Å²) in [7, 11) is 1.83. The number of aryl methyl sites for hydroxylation is 1. The van der Waals surface area contributed by atoms with Gasteiger partial charge in [-0.2, -0.15) is 10.4 Å². The van der Waals surface area contributed by atoms with Gasteiger partial charge in [-0.3, -0.25) is 4.68 Å². The van der Waals surface area contributed by atoms with E-state index in [0.29, 0.717) is 10.6 Å². The highest BCUT2D eigenvalue weighted by molar-refractivity contribution is 6.33. The molecule has 0 saturated heterocycles. The Bertz CT molecular complexity index is 500. The molecule has 1 aromatic heterocycles. The highest BCUT2D eigenvalue weighted by Gasteiger charge is 2.08. The Kier molecular flexibility index (Phi) is 2.44. The molecule has 0 bridgehead atoms. The molecule has 0 aliphatic rings. The Balaban J connectivity index is 2.51. The Hall–Kier alpha value is -1.79. The first-order chi connectivity index (χ1) is 7.22. The summed E-state index contributed by atoms with van der Waals surface area (Å²) in [5, 5.41) is 13.3. The van der Waals surface area contributed by atoms with E-state index in [-0.39, 0.29) is 0 Å². The van der Waals surface area contributed by atoms with E-state index in [1.165, 1.54) is 0 Å². The second-order valence-corrected chi connectivity index (χ2v) is 3.56. The normalized spacial score (nSPS) is 9.93.